The Kier molecular flexibility index (Phi) is 5.85. The smallest absolute Gasteiger partial charge is 0.252 e. The van der Waals surface area contributed by atoms with Crippen molar-refractivity contribution in [3.05, 3.63) is 65.9 Å². The van der Waals surface area contributed by atoms with Crippen LogP contribution in [0.2, 0.25) is 0 Å². The molecule has 0 bridgehead atoms. The molecule has 1 fully saturated rings. The normalized spacial score (nSPS) is 17.6. The zero-order chi connectivity index (χ0) is 22.1. The van der Waals surface area contributed by atoms with E-state index in [-0.39, 0.29) is 19.0 Å². The Morgan fingerprint density at radius 2 is 2.06 bits per heavy atom. The summed E-state index contributed by atoms with van der Waals surface area (Å²) in [5.41, 5.74) is 0.829. The number of carbonyl (C=O) groups excluding carboxylic acids is 1. The van der Waals surface area contributed by atoms with Crippen molar-refractivity contribution in [2.24, 2.45) is 5.92 Å². The fraction of sp³-hybridized carbons (Fsp3) is 0.273. The molecule has 3 aromatic heterocycles. The number of nitrogens with zero attached hydrogens (tertiary/aromatic N) is 3. The van der Waals surface area contributed by atoms with Crippen molar-refractivity contribution in [2.45, 2.75) is 23.6 Å². The van der Waals surface area contributed by atoms with Crippen molar-refractivity contribution in [1.29, 1.82) is 0 Å². The average Bonchev–Trinajstić information content (AvgIpc) is 3.58. The fourth-order valence-corrected chi connectivity index (χ4v) is 7.53. The highest BCUT2D eigenvalue weighted by Crippen LogP contribution is 2.33. The Labute approximate surface area is 194 Å². The first-order chi connectivity index (χ1) is 15.5. The van der Waals surface area contributed by atoms with Crippen LogP contribution in [-0.4, -0.2) is 36.7 Å². The van der Waals surface area contributed by atoms with Crippen molar-refractivity contribution in [2.75, 3.05) is 18.0 Å². The lowest BCUT2D eigenvalue weighted by atomic mass is 9.98. The number of carbonyl (C=O) groups is 1. The van der Waals surface area contributed by atoms with Gasteiger partial charge < -0.3 is 4.42 Å². The van der Waals surface area contributed by atoms with Crippen LogP contribution in [0.5, 0.6) is 0 Å². The van der Waals surface area contributed by atoms with Gasteiger partial charge in [-0.3, -0.25) is 9.69 Å². The molecule has 4 heterocycles. The molecular weight excluding hydrogens is 466 g/mol. The number of furan rings is 1. The van der Waals surface area contributed by atoms with Gasteiger partial charge in [-0.25, -0.2) is 13.4 Å². The van der Waals surface area contributed by atoms with Gasteiger partial charge in [-0.1, -0.05) is 29.5 Å². The predicted molar refractivity (Wildman–Crippen MR) is 125 cm³/mol. The maximum atomic E-state index is 13.7. The third kappa shape index (κ3) is 4.11. The lowest BCUT2D eigenvalue weighted by Crippen LogP contribution is -2.46. The number of thiophene rings is 1. The van der Waals surface area contributed by atoms with Gasteiger partial charge in [0.1, 0.15) is 9.97 Å². The average molecular weight is 488 g/mol. The third-order valence-electron chi connectivity index (χ3n) is 5.50. The van der Waals surface area contributed by atoms with Gasteiger partial charge in [0.15, 0.2) is 5.13 Å². The molecule has 7 nitrogen and oxygen atoms in total. The van der Waals surface area contributed by atoms with E-state index in [1.54, 1.807) is 34.7 Å². The highest BCUT2D eigenvalue weighted by molar-refractivity contribution is 7.91. The maximum absolute atomic E-state index is 13.7. The van der Waals surface area contributed by atoms with Crippen molar-refractivity contribution >= 4 is 54.0 Å². The largest absolute Gasteiger partial charge is 0.467 e. The molecule has 0 radical (unpaired) electrons. The van der Waals surface area contributed by atoms with Crippen LogP contribution in [0.15, 0.2) is 68.8 Å². The number of piperidine rings is 1. The van der Waals surface area contributed by atoms with Crippen LogP contribution in [0, 0.1) is 5.92 Å². The minimum absolute atomic E-state index is 0.133. The van der Waals surface area contributed by atoms with E-state index >= 15 is 0 Å². The van der Waals surface area contributed by atoms with Crippen LogP contribution in [0.25, 0.3) is 10.2 Å². The summed E-state index contributed by atoms with van der Waals surface area (Å²) in [6.07, 6.45) is 2.84. The Morgan fingerprint density at radius 3 is 2.81 bits per heavy atom. The summed E-state index contributed by atoms with van der Waals surface area (Å²) in [4.78, 5) is 20.0. The lowest BCUT2D eigenvalue weighted by Gasteiger charge is -2.33. The molecule has 1 unspecified atom stereocenters. The summed E-state index contributed by atoms with van der Waals surface area (Å²) in [5.74, 6) is 0.0727. The number of anilines is 1. The first-order valence-electron chi connectivity index (χ1n) is 10.3. The van der Waals surface area contributed by atoms with E-state index in [4.69, 9.17) is 4.42 Å². The van der Waals surface area contributed by atoms with Crippen molar-refractivity contribution < 1.29 is 17.6 Å². The molecule has 166 valence electrons. The van der Waals surface area contributed by atoms with Gasteiger partial charge in [0, 0.05) is 13.1 Å². The van der Waals surface area contributed by atoms with Gasteiger partial charge in [0.25, 0.3) is 10.0 Å². The van der Waals surface area contributed by atoms with Gasteiger partial charge in [-0.15, -0.1) is 11.3 Å². The molecule has 1 saturated heterocycles. The van der Waals surface area contributed by atoms with Crippen molar-refractivity contribution in [3.8, 4) is 0 Å². The molecule has 10 heteroatoms. The first kappa shape index (κ1) is 21.3. The SMILES string of the molecule is O=C(C1CCCN(S(=O)(=O)c2cccs2)C1)N(Cc1ccco1)c1nc2ccccc2s1. The number of rotatable bonds is 6. The Hall–Kier alpha value is -2.53. The monoisotopic (exact) mass is 487 g/mol. The number of sulfonamides is 1. The molecule has 4 aromatic rings. The van der Waals surface area contributed by atoms with Gasteiger partial charge >= 0.3 is 0 Å². The fourth-order valence-electron chi connectivity index (χ4n) is 3.89. The third-order valence-corrected chi connectivity index (χ3v) is 9.79. The van der Waals surface area contributed by atoms with Crippen LogP contribution in [0.1, 0.15) is 18.6 Å². The number of aromatic nitrogens is 1. The summed E-state index contributed by atoms with van der Waals surface area (Å²) < 4.78 is 34.3. The summed E-state index contributed by atoms with van der Waals surface area (Å²) in [5, 5.41) is 2.34. The molecule has 0 N–H and O–H groups in total. The molecular formula is C22H21N3O4S3. The highest BCUT2D eigenvalue weighted by Gasteiger charge is 2.36. The summed E-state index contributed by atoms with van der Waals surface area (Å²) in [7, 11) is -3.60. The molecule has 1 amide bonds. The molecule has 32 heavy (non-hydrogen) atoms. The van der Waals surface area contributed by atoms with Crippen LogP contribution >= 0.6 is 22.7 Å². The number of amides is 1. The lowest BCUT2D eigenvalue weighted by molar-refractivity contribution is -0.123. The number of thiazole rings is 1. The zero-order valence-corrected chi connectivity index (χ0v) is 19.5. The minimum Gasteiger partial charge on any atom is -0.467 e. The predicted octanol–water partition coefficient (Wildman–Crippen LogP) is 4.58. The summed E-state index contributed by atoms with van der Waals surface area (Å²) >= 11 is 2.64. The standard InChI is InChI=1S/C22H21N3O4S3/c26-21(16-6-3-11-24(14-16)32(27,28)20-10-5-13-30-20)25(15-17-7-4-12-29-17)22-23-18-8-1-2-9-19(18)31-22/h1-2,4-5,7-10,12-13,16H,3,6,11,14-15H2. The summed E-state index contributed by atoms with van der Waals surface area (Å²) in [6.45, 7) is 0.835. The molecule has 0 spiro atoms. The second-order valence-corrected chi connectivity index (χ2v) is 11.7. The van der Waals surface area contributed by atoms with Crippen LogP contribution in [0.4, 0.5) is 5.13 Å². The van der Waals surface area contributed by atoms with E-state index in [0.29, 0.717) is 34.5 Å². The number of hydrogen-bond acceptors (Lipinski definition) is 7. The Morgan fingerprint density at radius 1 is 1.19 bits per heavy atom. The van der Waals surface area contributed by atoms with Gasteiger partial charge in [0.2, 0.25) is 5.91 Å². The van der Waals surface area contributed by atoms with Gasteiger partial charge in [-0.05, 0) is 48.6 Å². The number of para-hydroxylation sites is 1. The van der Waals surface area contributed by atoms with Crippen molar-refractivity contribution in [3.63, 3.8) is 0 Å². The number of fused-ring (bicyclic) bond motifs is 1. The molecule has 1 atom stereocenters. The van der Waals surface area contributed by atoms with E-state index in [1.807, 2.05) is 30.3 Å². The van der Waals surface area contributed by atoms with E-state index in [2.05, 4.69) is 4.98 Å². The number of benzene rings is 1. The van der Waals surface area contributed by atoms with Crippen LogP contribution in [-0.2, 0) is 21.4 Å². The maximum Gasteiger partial charge on any atom is 0.252 e. The number of hydrogen-bond donors (Lipinski definition) is 0. The van der Waals surface area contributed by atoms with Crippen molar-refractivity contribution in [1.82, 2.24) is 9.29 Å². The second-order valence-electron chi connectivity index (χ2n) is 7.60. The van der Waals surface area contributed by atoms with E-state index < -0.39 is 15.9 Å². The topological polar surface area (TPSA) is 83.7 Å². The van der Waals surface area contributed by atoms with Crippen LogP contribution < -0.4 is 4.90 Å². The molecule has 5 rings (SSSR count). The molecule has 1 aliphatic rings. The summed E-state index contributed by atoms with van der Waals surface area (Å²) in [6, 6.07) is 14.7. The zero-order valence-electron chi connectivity index (χ0n) is 17.1. The van der Waals surface area contributed by atoms with E-state index in [1.165, 1.54) is 27.0 Å². The van der Waals surface area contributed by atoms with Gasteiger partial charge in [-0.2, -0.15) is 4.31 Å². The van der Waals surface area contributed by atoms with E-state index in [9.17, 15) is 13.2 Å². The molecule has 0 aliphatic carbocycles. The van der Waals surface area contributed by atoms with Crippen LogP contribution in [0.3, 0.4) is 0 Å². The molecule has 1 aromatic carbocycles. The second kappa shape index (κ2) is 8.78. The molecule has 0 saturated carbocycles. The highest BCUT2D eigenvalue weighted by atomic mass is 32.2. The Balaban J connectivity index is 1.44. The first-order valence-corrected chi connectivity index (χ1v) is 13.4. The minimum atomic E-state index is -3.60. The Bertz CT molecular complexity index is 1280. The molecule has 1 aliphatic heterocycles. The van der Waals surface area contributed by atoms with E-state index in [0.717, 1.165) is 10.2 Å². The quantitative estimate of drug-likeness (QED) is 0.397. The van der Waals surface area contributed by atoms with Gasteiger partial charge in [0.05, 0.1) is 28.9 Å².